The van der Waals surface area contributed by atoms with Crippen LogP contribution in [0, 0.1) is 0 Å². The highest BCUT2D eigenvalue weighted by Crippen LogP contribution is 2.16. The number of nitrogens with one attached hydrogen (secondary N) is 1. The van der Waals surface area contributed by atoms with Gasteiger partial charge in [0.15, 0.2) is 11.6 Å². The summed E-state index contributed by atoms with van der Waals surface area (Å²) in [5.74, 6) is -0.213. The van der Waals surface area contributed by atoms with E-state index in [1.54, 1.807) is 51.4 Å². The van der Waals surface area contributed by atoms with Crippen LogP contribution in [0.15, 0.2) is 48.3 Å². The number of nitrogens with zero attached hydrogens (tertiary/aromatic N) is 2. The fourth-order valence-electron chi connectivity index (χ4n) is 2.04. The largest absolute Gasteiger partial charge is 0.462 e. The molecule has 2 aromatic rings. The van der Waals surface area contributed by atoms with Crippen molar-refractivity contribution in [2.45, 2.75) is 13.8 Å². The molecule has 0 fully saturated rings. The molecule has 120 valence electrons. The van der Waals surface area contributed by atoms with Crippen LogP contribution in [0.25, 0.3) is 0 Å². The van der Waals surface area contributed by atoms with E-state index in [-0.39, 0.29) is 12.4 Å². The van der Waals surface area contributed by atoms with E-state index in [2.05, 4.69) is 10.4 Å². The van der Waals surface area contributed by atoms with Gasteiger partial charge < -0.3 is 10.1 Å². The van der Waals surface area contributed by atoms with E-state index in [0.717, 1.165) is 0 Å². The summed E-state index contributed by atoms with van der Waals surface area (Å²) >= 11 is 0. The van der Waals surface area contributed by atoms with Gasteiger partial charge in [-0.3, -0.25) is 9.48 Å². The maximum atomic E-state index is 12.1. The van der Waals surface area contributed by atoms with Gasteiger partial charge in [-0.25, -0.2) is 4.79 Å². The van der Waals surface area contributed by atoms with Crippen molar-refractivity contribution in [2.75, 3.05) is 11.9 Å². The molecule has 0 aliphatic rings. The normalized spacial score (nSPS) is 11.2. The summed E-state index contributed by atoms with van der Waals surface area (Å²) in [5, 5.41) is 7.17. The molecule has 0 atom stereocenters. The van der Waals surface area contributed by atoms with Crippen molar-refractivity contribution in [1.82, 2.24) is 9.78 Å². The fraction of sp³-hybridized carbons (Fsp3) is 0.235. The van der Waals surface area contributed by atoms with E-state index in [1.165, 1.54) is 10.8 Å². The third-order valence-corrected chi connectivity index (χ3v) is 3.05. The predicted molar refractivity (Wildman–Crippen MR) is 87.3 cm³/mol. The van der Waals surface area contributed by atoms with Gasteiger partial charge in [-0.05, 0) is 13.8 Å². The van der Waals surface area contributed by atoms with Gasteiger partial charge in [0.1, 0.15) is 5.56 Å². The molecule has 1 aromatic heterocycles. The molecule has 1 aromatic carbocycles. The van der Waals surface area contributed by atoms with Crippen LogP contribution in [0.2, 0.25) is 0 Å². The molecule has 0 aliphatic carbocycles. The smallest absolute Gasteiger partial charge is 0.343 e. The molecule has 0 unspecified atom stereocenters. The Bertz CT molecular complexity index is 733. The first kappa shape index (κ1) is 16.5. The molecule has 0 radical (unpaired) electrons. The lowest BCUT2D eigenvalue weighted by molar-refractivity contribution is 0.0527. The number of carbonyl (C=O) groups is 2. The lowest BCUT2D eigenvalue weighted by atomic mass is 10.1. The molecule has 0 bridgehead atoms. The number of ketones is 1. The van der Waals surface area contributed by atoms with Crippen LogP contribution < -0.4 is 5.32 Å². The third-order valence-electron chi connectivity index (χ3n) is 3.05. The second-order valence-electron chi connectivity index (χ2n) is 4.97. The summed E-state index contributed by atoms with van der Waals surface area (Å²) < 4.78 is 6.51. The Morgan fingerprint density at radius 2 is 2.00 bits per heavy atom. The Morgan fingerprint density at radius 3 is 2.65 bits per heavy atom. The number of aromatic nitrogens is 2. The lowest BCUT2D eigenvalue weighted by Crippen LogP contribution is -2.08. The molecule has 2 rings (SSSR count). The van der Waals surface area contributed by atoms with Crippen molar-refractivity contribution in [3.05, 3.63) is 59.4 Å². The third kappa shape index (κ3) is 4.29. The van der Waals surface area contributed by atoms with Gasteiger partial charge in [0.05, 0.1) is 6.61 Å². The number of ether oxygens (including phenoxy) is 1. The second-order valence-corrected chi connectivity index (χ2v) is 4.97. The van der Waals surface area contributed by atoms with Crippen LogP contribution in [0.3, 0.4) is 0 Å². The molecule has 6 heteroatoms. The van der Waals surface area contributed by atoms with E-state index >= 15 is 0 Å². The first-order valence-corrected chi connectivity index (χ1v) is 7.26. The summed E-state index contributed by atoms with van der Waals surface area (Å²) in [6.45, 7) is 3.77. The van der Waals surface area contributed by atoms with Crippen LogP contribution in [-0.2, 0) is 11.8 Å². The minimum absolute atomic E-state index is 0.121. The number of rotatable bonds is 6. The number of benzene rings is 1. The summed E-state index contributed by atoms with van der Waals surface area (Å²) in [6.07, 6.45) is 3.05. The van der Waals surface area contributed by atoms with Gasteiger partial charge in [-0.2, -0.15) is 5.10 Å². The van der Waals surface area contributed by atoms with Crippen molar-refractivity contribution < 1.29 is 14.3 Å². The number of carbonyl (C=O) groups excluding carboxylic acids is 2. The zero-order valence-electron chi connectivity index (χ0n) is 13.4. The summed E-state index contributed by atoms with van der Waals surface area (Å²) in [7, 11) is 1.71. The van der Waals surface area contributed by atoms with E-state index < -0.39 is 5.97 Å². The molecular weight excluding hydrogens is 294 g/mol. The Hall–Kier alpha value is -2.89. The van der Waals surface area contributed by atoms with E-state index in [9.17, 15) is 9.59 Å². The average Bonchev–Trinajstić information content (AvgIpc) is 2.88. The van der Waals surface area contributed by atoms with Crippen LogP contribution >= 0.6 is 0 Å². The second kappa shape index (κ2) is 7.40. The number of allylic oxidation sites excluding steroid dienone is 2. The molecule has 0 amide bonds. The van der Waals surface area contributed by atoms with E-state index in [4.69, 9.17) is 4.74 Å². The van der Waals surface area contributed by atoms with Crippen molar-refractivity contribution in [3.63, 3.8) is 0 Å². The zero-order chi connectivity index (χ0) is 16.8. The Kier molecular flexibility index (Phi) is 5.30. The Morgan fingerprint density at radius 1 is 1.30 bits per heavy atom. The van der Waals surface area contributed by atoms with Crippen molar-refractivity contribution >= 4 is 17.6 Å². The minimum atomic E-state index is -0.453. The summed E-state index contributed by atoms with van der Waals surface area (Å²) in [5.41, 5.74) is 1.51. The van der Waals surface area contributed by atoms with Gasteiger partial charge in [0.2, 0.25) is 0 Å². The molecule has 6 nitrogen and oxygen atoms in total. The Balaban J connectivity index is 2.17. The highest BCUT2D eigenvalue weighted by Gasteiger charge is 2.17. The van der Waals surface area contributed by atoms with Crippen LogP contribution in [0.5, 0.6) is 0 Å². The van der Waals surface area contributed by atoms with Crippen LogP contribution in [0.4, 0.5) is 5.82 Å². The topological polar surface area (TPSA) is 73.2 Å². The van der Waals surface area contributed by atoms with E-state index in [0.29, 0.717) is 22.6 Å². The molecule has 1 heterocycles. The zero-order valence-corrected chi connectivity index (χ0v) is 13.4. The highest BCUT2D eigenvalue weighted by atomic mass is 16.5. The molecule has 0 saturated carbocycles. The number of anilines is 1. The average molecular weight is 313 g/mol. The minimum Gasteiger partial charge on any atom is -0.462 e. The first-order valence-electron chi connectivity index (χ1n) is 7.26. The monoisotopic (exact) mass is 313 g/mol. The standard InChI is InChI=1S/C17H19N3O3/c1-4-23-17(22)14-11-20(3)19-16(14)18-12(2)10-15(21)13-8-6-5-7-9-13/h5-11H,4H2,1-3H3,(H,18,19)/b12-10+. The van der Waals surface area contributed by atoms with Crippen LogP contribution in [-0.4, -0.2) is 28.1 Å². The maximum absolute atomic E-state index is 12.1. The predicted octanol–water partition coefficient (Wildman–Crippen LogP) is 2.80. The van der Waals surface area contributed by atoms with Gasteiger partial charge in [-0.1, -0.05) is 30.3 Å². The molecule has 23 heavy (non-hydrogen) atoms. The van der Waals surface area contributed by atoms with Crippen molar-refractivity contribution in [3.8, 4) is 0 Å². The van der Waals surface area contributed by atoms with Crippen molar-refractivity contribution in [2.24, 2.45) is 7.05 Å². The number of aryl methyl sites for hydroxylation is 1. The van der Waals surface area contributed by atoms with Crippen LogP contribution in [0.1, 0.15) is 34.6 Å². The lowest BCUT2D eigenvalue weighted by Gasteiger charge is -2.06. The fourth-order valence-corrected chi connectivity index (χ4v) is 2.04. The maximum Gasteiger partial charge on any atom is 0.343 e. The van der Waals surface area contributed by atoms with Gasteiger partial charge >= 0.3 is 5.97 Å². The quantitative estimate of drug-likeness (QED) is 0.504. The van der Waals surface area contributed by atoms with Gasteiger partial charge in [0, 0.05) is 30.6 Å². The summed E-state index contributed by atoms with van der Waals surface area (Å²) in [6, 6.07) is 8.96. The molecule has 1 N–H and O–H groups in total. The number of hydrogen-bond acceptors (Lipinski definition) is 5. The van der Waals surface area contributed by atoms with Gasteiger partial charge in [-0.15, -0.1) is 0 Å². The molecule has 0 saturated heterocycles. The highest BCUT2D eigenvalue weighted by molar-refractivity contribution is 6.05. The Labute approximate surface area is 134 Å². The molecule has 0 aliphatic heterocycles. The first-order chi connectivity index (χ1) is 11.0. The van der Waals surface area contributed by atoms with E-state index in [1.807, 2.05) is 6.07 Å². The number of hydrogen-bond donors (Lipinski definition) is 1. The number of esters is 1. The van der Waals surface area contributed by atoms with Gasteiger partial charge in [0.25, 0.3) is 0 Å². The molecule has 0 spiro atoms. The van der Waals surface area contributed by atoms with Crippen molar-refractivity contribution in [1.29, 1.82) is 0 Å². The summed E-state index contributed by atoms with van der Waals surface area (Å²) in [4.78, 5) is 24.0. The molecular formula is C17H19N3O3. The SMILES string of the molecule is CCOC(=O)c1cn(C)nc1N/C(C)=C/C(=O)c1ccccc1.